The van der Waals surface area contributed by atoms with E-state index < -0.39 is 4.92 Å². The largest absolute Gasteiger partial charge is 0.465 e. The minimum atomic E-state index is -0.515. The number of rotatable bonds is 4. The van der Waals surface area contributed by atoms with E-state index in [1.807, 2.05) is 13.0 Å². The molecule has 0 aliphatic rings. The summed E-state index contributed by atoms with van der Waals surface area (Å²) < 4.78 is 5.34. The number of hydrogen-bond donors (Lipinski definition) is 1. The maximum atomic E-state index is 10.8. The predicted octanol–water partition coefficient (Wildman–Crippen LogP) is 3.16. The molecule has 6 nitrogen and oxygen atoms in total. The Kier molecular flexibility index (Phi) is 3.47. The number of nitro groups is 1. The monoisotopic (exact) mass is 267 g/mol. The highest BCUT2D eigenvalue weighted by Gasteiger charge is 2.15. The van der Waals surface area contributed by atoms with E-state index in [-0.39, 0.29) is 16.7 Å². The van der Waals surface area contributed by atoms with E-state index in [0.29, 0.717) is 12.3 Å². The molecule has 0 unspecified atom stereocenters. The maximum Gasteiger partial charge on any atom is 0.311 e. The van der Waals surface area contributed by atoms with Crippen LogP contribution in [-0.4, -0.2) is 9.91 Å². The Bertz CT molecular complexity index is 583. The molecular formula is C11H10ClN3O3. The van der Waals surface area contributed by atoms with Crippen molar-refractivity contribution < 1.29 is 9.34 Å². The van der Waals surface area contributed by atoms with Crippen molar-refractivity contribution in [2.75, 3.05) is 5.32 Å². The second-order valence-electron chi connectivity index (χ2n) is 3.62. The van der Waals surface area contributed by atoms with Gasteiger partial charge in [0, 0.05) is 6.07 Å². The summed E-state index contributed by atoms with van der Waals surface area (Å²) in [5.41, 5.74) is -0.123. The molecule has 0 radical (unpaired) electrons. The van der Waals surface area contributed by atoms with Crippen LogP contribution in [0.3, 0.4) is 0 Å². The maximum absolute atomic E-state index is 10.8. The molecule has 0 saturated heterocycles. The predicted molar refractivity (Wildman–Crippen MR) is 66.7 cm³/mol. The standard InChI is InChI=1S/C11H10ClN3O3/c1-7-2-3-8(18-7)6-13-11-9(15(16)17)4-5-10(12)14-11/h2-5H,6H2,1H3,(H,13,14). The van der Waals surface area contributed by atoms with Gasteiger partial charge in [-0.2, -0.15) is 0 Å². The van der Waals surface area contributed by atoms with E-state index in [0.717, 1.165) is 5.76 Å². The SMILES string of the molecule is Cc1ccc(CNc2nc(Cl)ccc2[N+](=O)[O-])o1. The van der Waals surface area contributed by atoms with Crippen LogP contribution in [0.5, 0.6) is 0 Å². The van der Waals surface area contributed by atoms with Gasteiger partial charge in [-0.25, -0.2) is 4.98 Å². The fourth-order valence-corrected chi connectivity index (χ4v) is 1.60. The van der Waals surface area contributed by atoms with Crippen LogP contribution < -0.4 is 5.32 Å². The smallest absolute Gasteiger partial charge is 0.311 e. The number of anilines is 1. The quantitative estimate of drug-likeness (QED) is 0.523. The van der Waals surface area contributed by atoms with Crippen molar-refractivity contribution in [1.82, 2.24) is 4.98 Å². The van der Waals surface area contributed by atoms with Gasteiger partial charge in [0.25, 0.3) is 0 Å². The van der Waals surface area contributed by atoms with Crippen molar-refractivity contribution in [3.05, 3.63) is 51.1 Å². The number of aryl methyl sites for hydroxylation is 1. The third-order valence-corrected chi connectivity index (χ3v) is 2.47. The fraction of sp³-hybridized carbons (Fsp3) is 0.182. The van der Waals surface area contributed by atoms with E-state index in [9.17, 15) is 10.1 Å². The lowest BCUT2D eigenvalue weighted by atomic mass is 10.3. The molecule has 0 aliphatic heterocycles. The molecule has 0 fully saturated rings. The normalized spacial score (nSPS) is 10.3. The molecule has 2 aromatic heterocycles. The van der Waals surface area contributed by atoms with Gasteiger partial charge in [-0.15, -0.1) is 0 Å². The molecule has 0 atom stereocenters. The Morgan fingerprint density at radius 3 is 2.83 bits per heavy atom. The second-order valence-corrected chi connectivity index (χ2v) is 4.01. The Morgan fingerprint density at radius 1 is 1.44 bits per heavy atom. The number of halogens is 1. The van der Waals surface area contributed by atoms with Gasteiger partial charge in [-0.05, 0) is 25.1 Å². The number of pyridine rings is 1. The van der Waals surface area contributed by atoms with Crippen molar-refractivity contribution in [3.63, 3.8) is 0 Å². The highest BCUT2D eigenvalue weighted by Crippen LogP contribution is 2.24. The van der Waals surface area contributed by atoms with Crippen LogP contribution in [0.25, 0.3) is 0 Å². The Labute approximate surface area is 108 Å². The molecule has 0 amide bonds. The lowest BCUT2D eigenvalue weighted by molar-refractivity contribution is -0.384. The molecule has 0 bridgehead atoms. The van der Waals surface area contributed by atoms with Crippen LogP contribution in [0.2, 0.25) is 5.15 Å². The second kappa shape index (κ2) is 5.05. The van der Waals surface area contributed by atoms with E-state index in [1.54, 1.807) is 6.07 Å². The molecule has 2 rings (SSSR count). The molecule has 94 valence electrons. The van der Waals surface area contributed by atoms with Gasteiger partial charge in [0.1, 0.15) is 16.7 Å². The summed E-state index contributed by atoms with van der Waals surface area (Å²) in [6.07, 6.45) is 0. The lowest BCUT2D eigenvalue weighted by Crippen LogP contribution is -2.04. The molecule has 2 heterocycles. The van der Waals surface area contributed by atoms with Gasteiger partial charge in [0.05, 0.1) is 11.5 Å². The average Bonchev–Trinajstić information content (AvgIpc) is 2.72. The zero-order valence-corrected chi connectivity index (χ0v) is 10.3. The molecule has 18 heavy (non-hydrogen) atoms. The Hall–Kier alpha value is -2.08. The Balaban J connectivity index is 2.17. The van der Waals surface area contributed by atoms with Gasteiger partial charge >= 0.3 is 5.69 Å². The van der Waals surface area contributed by atoms with Crippen molar-refractivity contribution in [1.29, 1.82) is 0 Å². The van der Waals surface area contributed by atoms with Crippen LogP contribution in [0.1, 0.15) is 11.5 Å². The zero-order chi connectivity index (χ0) is 13.1. The summed E-state index contributed by atoms with van der Waals surface area (Å²) in [5.74, 6) is 1.57. The molecule has 1 N–H and O–H groups in total. The van der Waals surface area contributed by atoms with Crippen LogP contribution in [0, 0.1) is 17.0 Å². The first-order valence-corrected chi connectivity index (χ1v) is 5.54. The van der Waals surface area contributed by atoms with Crippen molar-refractivity contribution >= 4 is 23.1 Å². The van der Waals surface area contributed by atoms with Gasteiger partial charge in [0.15, 0.2) is 0 Å². The topological polar surface area (TPSA) is 81.2 Å². The van der Waals surface area contributed by atoms with Crippen LogP contribution in [-0.2, 0) is 6.54 Å². The molecule has 0 spiro atoms. The highest BCUT2D eigenvalue weighted by molar-refractivity contribution is 6.29. The first-order chi connectivity index (χ1) is 8.56. The van der Waals surface area contributed by atoms with Gasteiger partial charge < -0.3 is 9.73 Å². The van der Waals surface area contributed by atoms with Crippen molar-refractivity contribution in [2.24, 2.45) is 0 Å². The summed E-state index contributed by atoms with van der Waals surface area (Å²) in [5, 5.41) is 13.8. The molecular weight excluding hydrogens is 258 g/mol. The van der Waals surface area contributed by atoms with E-state index in [4.69, 9.17) is 16.0 Å². The van der Waals surface area contributed by atoms with E-state index >= 15 is 0 Å². The number of nitrogens with one attached hydrogen (secondary N) is 1. The van der Waals surface area contributed by atoms with Gasteiger partial charge in [-0.1, -0.05) is 11.6 Å². The molecule has 0 saturated carbocycles. The Morgan fingerprint density at radius 2 is 2.22 bits per heavy atom. The number of furan rings is 1. The van der Waals surface area contributed by atoms with Gasteiger partial charge in [0.2, 0.25) is 5.82 Å². The average molecular weight is 268 g/mol. The number of nitrogens with zero attached hydrogens (tertiary/aromatic N) is 2. The van der Waals surface area contributed by atoms with Crippen LogP contribution >= 0.6 is 11.6 Å². The number of hydrogen-bond acceptors (Lipinski definition) is 5. The van der Waals surface area contributed by atoms with E-state index in [2.05, 4.69) is 10.3 Å². The number of aromatic nitrogens is 1. The minimum absolute atomic E-state index is 0.123. The lowest BCUT2D eigenvalue weighted by Gasteiger charge is -2.04. The minimum Gasteiger partial charge on any atom is -0.465 e. The van der Waals surface area contributed by atoms with Crippen LogP contribution in [0.15, 0.2) is 28.7 Å². The first kappa shape index (κ1) is 12.4. The van der Waals surface area contributed by atoms with Crippen molar-refractivity contribution in [3.8, 4) is 0 Å². The summed E-state index contributed by atoms with van der Waals surface area (Å²) in [6.45, 7) is 2.13. The summed E-state index contributed by atoms with van der Waals surface area (Å²) in [4.78, 5) is 14.2. The summed E-state index contributed by atoms with van der Waals surface area (Å²) in [7, 11) is 0. The van der Waals surface area contributed by atoms with E-state index in [1.165, 1.54) is 12.1 Å². The third kappa shape index (κ3) is 2.78. The third-order valence-electron chi connectivity index (χ3n) is 2.26. The molecule has 7 heteroatoms. The summed E-state index contributed by atoms with van der Waals surface area (Å²) in [6, 6.07) is 6.29. The van der Waals surface area contributed by atoms with Gasteiger partial charge in [-0.3, -0.25) is 10.1 Å². The fourth-order valence-electron chi connectivity index (χ4n) is 1.46. The molecule has 2 aromatic rings. The molecule has 0 aliphatic carbocycles. The zero-order valence-electron chi connectivity index (χ0n) is 9.51. The van der Waals surface area contributed by atoms with Crippen molar-refractivity contribution in [2.45, 2.75) is 13.5 Å². The highest BCUT2D eigenvalue weighted by atomic mass is 35.5. The van der Waals surface area contributed by atoms with Crippen LogP contribution in [0.4, 0.5) is 11.5 Å². The molecule has 0 aromatic carbocycles. The summed E-state index contributed by atoms with van der Waals surface area (Å²) >= 11 is 5.71. The first-order valence-electron chi connectivity index (χ1n) is 5.16.